The van der Waals surface area contributed by atoms with Gasteiger partial charge in [0, 0.05) is 28.3 Å². The molecule has 8 heteroatoms. The molecule has 0 saturated heterocycles. The minimum Gasteiger partial charge on any atom is -0.508 e. The fraction of sp³-hybridized carbons (Fsp3) is 0.167. The number of aromatic hydroxyl groups is 1. The molecule has 3 rings (SSSR count). The van der Waals surface area contributed by atoms with Crippen LogP contribution in [0.15, 0.2) is 33.9 Å². The number of hydrogen-bond donors (Lipinski definition) is 4. The fourth-order valence-electron chi connectivity index (χ4n) is 2.97. The minimum absolute atomic E-state index is 0.0230. The number of halogens is 2. The summed E-state index contributed by atoms with van der Waals surface area (Å²) in [5, 5.41) is 18.7. The van der Waals surface area contributed by atoms with E-state index in [1.165, 1.54) is 12.1 Å². The number of phenolic OH excluding ortho intramolecular Hbond substituents is 1. The first-order chi connectivity index (χ1) is 12.3. The first-order valence-corrected chi connectivity index (χ1v) is 8.09. The Morgan fingerprint density at radius 3 is 2.62 bits per heavy atom. The number of phenols is 1. The Bertz CT molecular complexity index is 988. The number of furan rings is 1. The van der Waals surface area contributed by atoms with Gasteiger partial charge >= 0.3 is 0 Å². The lowest BCUT2D eigenvalue weighted by molar-refractivity contribution is 0.309. The summed E-state index contributed by atoms with van der Waals surface area (Å²) in [6, 6.07) is 3.80. The van der Waals surface area contributed by atoms with Crippen LogP contribution in [-0.2, 0) is 0 Å². The van der Waals surface area contributed by atoms with E-state index in [1.54, 1.807) is 13.2 Å². The van der Waals surface area contributed by atoms with Crippen molar-refractivity contribution >= 4 is 17.4 Å². The summed E-state index contributed by atoms with van der Waals surface area (Å²) in [6.07, 6.45) is 1.58. The Labute approximate surface area is 153 Å². The van der Waals surface area contributed by atoms with Crippen LogP contribution >= 0.6 is 11.6 Å². The lowest BCUT2D eigenvalue weighted by Gasteiger charge is -2.10. The Hall–Kier alpha value is -2.77. The zero-order valence-electron chi connectivity index (χ0n) is 14.1. The lowest BCUT2D eigenvalue weighted by atomic mass is 9.94. The molecule has 0 aliphatic carbocycles. The molecule has 0 spiro atoms. The molecule has 2 aromatic heterocycles. The number of nitrogens with one attached hydrogen (secondary N) is 1. The van der Waals surface area contributed by atoms with Crippen molar-refractivity contribution in [3.63, 3.8) is 0 Å². The standard InChI is InChI=1S/C18H17ClFN3O3/c1-8-6-26-9(2)13(8)15-14(11-4-3-10(25)5-12(11)20)17(19)23-16(15)18(21)22-7-24/h3-6,23-25H,7H2,1-2H3,(H2,21,22). The van der Waals surface area contributed by atoms with Gasteiger partial charge in [0.15, 0.2) is 0 Å². The molecule has 0 saturated carbocycles. The van der Waals surface area contributed by atoms with Crippen LogP contribution < -0.4 is 5.73 Å². The molecule has 136 valence electrons. The highest BCUT2D eigenvalue weighted by molar-refractivity contribution is 6.34. The maximum Gasteiger partial charge on any atom is 0.145 e. The number of hydrogen-bond acceptors (Lipinski definition) is 4. The van der Waals surface area contributed by atoms with Crippen LogP contribution in [0.1, 0.15) is 17.0 Å². The summed E-state index contributed by atoms with van der Waals surface area (Å²) in [5.74, 6) is -0.224. The topological polar surface area (TPSA) is 108 Å². The minimum atomic E-state index is -0.643. The van der Waals surface area contributed by atoms with Gasteiger partial charge in [0.05, 0.1) is 12.0 Å². The van der Waals surface area contributed by atoms with E-state index in [0.29, 0.717) is 28.1 Å². The van der Waals surface area contributed by atoms with E-state index in [2.05, 4.69) is 9.98 Å². The predicted octanol–water partition coefficient (Wildman–Crippen LogP) is 3.71. The van der Waals surface area contributed by atoms with Gasteiger partial charge in [-0.05, 0) is 31.5 Å². The Balaban J connectivity index is 2.40. The van der Waals surface area contributed by atoms with Crippen LogP contribution in [0.25, 0.3) is 22.3 Å². The number of aryl methyl sites for hydroxylation is 2. The first-order valence-electron chi connectivity index (χ1n) is 7.71. The Morgan fingerprint density at radius 2 is 2.04 bits per heavy atom. The fourth-order valence-corrected chi connectivity index (χ4v) is 3.26. The largest absolute Gasteiger partial charge is 0.508 e. The SMILES string of the molecule is Cc1coc(C)c1-c1c(C(N)=NCO)[nH]c(Cl)c1-c1ccc(O)cc1F. The van der Waals surface area contributed by atoms with Gasteiger partial charge in [-0.15, -0.1) is 0 Å². The molecule has 0 bridgehead atoms. The molecule has 0 atom stereocenters. The second-order valence-corrected chi connectivity index (χ2v) is 6.14. The smallest absolute Gasteiger partial charge is 0.145 e. The van der Waals surface area contributed by atoms with E-state index in [-0.39, 0.29) is 22.3 Å². The van der Waals surface area contributed by atoms with Gasteiger partial charge in [0.2, 0.25) is 0 Å². The van der Waals surface area contributed by atoms with Gasteiger partial charge in [-0.2, -0.15) is 0 Å². The Kier molecular flexibility index (Phi) is 4.76. The number of aliphatic imine (C=N–C) groups is 1. The first kappa shape index (κ1) is 18.0. The molecule has 0 radical (unpaired) electrons. The molecular weight excluding hydrogens is 361 g/mol. The van der Waals surface area contributed by atoms with E-state index >= 15 is 0 Å². The highest BCUT2D eigenvalue weighted by Crippen LogP contribution is 2.44. The molecule has 1 aromatic carbocycles. The molecule has 5 N–H and O–H groups in total. The van der Waals surface area contributed by atoms with Crippen molar-refractivity contribution in [1.82, 2.24) is 4.98 Å². The number of aromatic nitrogens is 1. The third-order valence-electron chi connectivity index (χ3n) is 4.08. The summed E-state index contributed by atoms with van der Waals surface area (Å²) < 4.78 is 20.0. The number of aliphatic hydroxyl groups excluding tert-OH is 1. The van der Waals surface area contributed by atoms with E-state index < -0.39 is 12.5 Å². The quantitative estimate of drug-likeness (QED) is 0.410. The van der Waals surface area contributed by atoms with Crippen molar-refractivity contribution in [2.75, 3.05) is 6.73 Å². The van der Waals surface area contributed by atoms with Gasteiger partial charge in [-0.1, -0.05) is 11.6 Å². The van der Waals surface area contributed by atoms with Crippen molar-refractivity contribution in [1.29, 1.82) is 0 Å². The van der Waals surface area contributed by atoms with E-state index in [4.69, 9.17) is 26.9 Å². The molecule has 0 fully saturated rings. The molecule has 6 nitrogen and oxygen atoms in total. The molecule has 2 heterocycles. The van der Waals surface area contributed by atoms with Crippen LogP contribution in [0, 0.1) is 19.7 Å². The maximum atomic E-state index is 14.5. The molecule has 0 aliphatic rings. The van der Waals surface area contributed by atoms with Crippen molar-refractivity contribution in [3.05, 3.63) is 52.5 Å². The number of aromatic amines is 1. The molecule has 0 unspecified atom stereocenters. The zero-order valence-corrected chi connectivity index (χ0v) is 14.9. The molecule has 26 heavy (non-hydrogen) atoms. The van der Waals surface area contributed by atoms with Gasteiger partial charge in [-0.25, -0.2) is 9.38 Å². The van der Waals surface area contributed by atoms with Crippen LogP contribution in [-0.4, -0.2) is 27.8 Å². The van der Waals surface area contributed by atoms with Crippen molar-refractivity contribution in [3.8, 4) is 28.0 Å². The van der Waals surface area contributed by atoms with E-state index in [9.17, 15) is 9.50 Å². The monoisotopic (exact) mass is 377 g/mol. The van der Waals surface area contributed by atoms with E-state index in [1.807, 2.05) is 6.92 Å². The molecule has 3 aromatic rings. The maximum absolute atomic E-state index is 14.5. The number of H-pyrrole nitrogens is 1. The summed E-state index contributed by atoms with van der Waals surface area (Å²) in [5.41, 5.74) is 8.87. The van der Waals surface area contributed by atoms with Crippen LogP contribution in [0.3, 0.4) is 0 Å². The number of benzene rings is 1. The van der Waals surface area contributed by atoms with Crippen molar-refractivity contribution < 1.29 is 19.0 Å². The average molecular weight is 378 g/mol. The normalized spacial score (nSPS) is 12.0. The number of rotatable bonds is 4. The zero-order chi connectivity index (χ0) is 19.0. The van der Waals surface area contributed by atoms with Crippen molar-refractivity contribution in [2.24, 2.45) is 10.7 Å². The van der Waals surface area contributed by atoms with Gasteiger partial charge in [0.1, 0.15) is 35.0 Å². The number of amidine groups is 1. The number of nitrogens with zero attached hydrogens (tertiary/aromatic N) is 1. The lowest BCUT2D eigenvalue weighted by Crippen LogP contribution is -2.15. The average Bonchev–Trinajstić information content (AvgIpc) is 3.07. The molecule has 0 amide bonds. The summed E-state index contributed by atoms with van der Waals surface area (Å²) in [7, 11) is 0. The highest BCUT2D eigenvalue weighted by Gasteiger charge is 2.26. The van der Waals surface area contributed by atoms with Gasteiger partial charge in [0.25, 0.3) is 0 Å². The second-order valence-electron chi connectivity index (χ2n) is 5.76. The molecular formula is C18H17ClFN3O3. The van der Waals surface area contributed by atoms with E-state index in [0.717, 1.165) is 11.6 Å². The summed E-state index contributed by atoms with van der Waals surface area (Å²) in [6.45, 7) is 3.10. The third kappa shape index (κ3) is 2.95. The summed E-state index contributed by atoms with van der Waals surface area (Å²) >= 11 is 6.37. The second kappa shape index (κ2) is 6.86. The van der Waals surface area contributed by atoms with Crippen molar-refractivity contribution in [2.45, 2.75) is 13.8 Å². The third-order valence-corrected chi connectivity index (χ3v) is 4.37. The predicted molar refractivity (Wildman–Crippen MR) is 97.8 cm³/mol. The van der Waals surface area contributed by atoms with Crippen LogP contribution in [0.2, 0.25) is 5.15 Å². The Morgan fingerprint density at radius 1 is 1.31 bits per heavy atom. The number of aliphatic hydroxyl groups is 1. The highest BCUT2D eigenvalue weighted by atomic mass is 35.5. The van der Waals surface area contributed by atoms with Crippen LogP contribution in [0.5, 0.6) is 5.75 Å². The summed E-state index contributed by atoms with van der Waals surface area (Å²) in [4.78, 5) is 6.71. The van der Waals surface area contributed by atoms with Crippen LogP contribution in [0.4, 0.5) is 4.39 Å². The van der Waals surface area contributed by atoms with Gasteiger partial charge < -0.3 is 25.3 Å². The number of nitrogens with two attached hydrogens (primary N) is 1. The molecule has 0 aliphatic heterocycles. The van der Waals surface area contributed by atoms with Gasteiger partial charge in [-0.3, -0.25) is 0 Å².